The highest BCUT2D eigenvalue weighted by Crippen LogP contribution is 2.26. The number of rotatable bonds is 4. The first-order chi connectivity index (χ1) is 13.7. The molecule has 0 spiro atoms. The van der Waals surface area contributed by atoms with Gasteiger partial charge in [-0.1, -0.05) is 24.3 Å². The molecule has 1 fully saturated rings. The number of hydrogen-bond acceptors (Lipinski definition) is 4. The zero-order chi connectivity index (χ0) is 19.3. The molecule has 28 heavy (non-hydrogen) atoms. The highest BCUT2D eigenvalue weighted by Gasteiger charge is 2.20. The zero-order valence-corrected chi connectivity index (χ0v) is 16.1. The van der Waals surface area contributed by atoms with Crippen molar-refractivity contribution >= 4 is 5.91 Å². The van der Waals surface area contributed by atoms with Gasteiger partial charge in [0.25, 0.3) is 0 Å². The summed E-state index contributed by atoms with van der Waals surface area (Å²) in [5.41, 5.74) is 4.19. The summed E-state index contributed by atoms with van der Waals surface area (Å²) in [5, 5.41) is 8.92. The molecule has 2 aliphatic rings. The Balaban J connectivity index is 1.31. The summed E-state index contributed by atoms with van der Waals surface area (Å²) in [6.07, 6.45) is 2.38. The molecule has 5 nitrogen and oxygen atoms in total. The lowest BCUT2D eigenvalue weighted by molar-refractivity contribution is -0.130. The molecule has 5 heteroatoms. The first-order valence-electron chi connectivity index (χ1n) is 9.95. The van der Waals surface area contributed by atoms with Gasteiger partial charge >= 0.3 is 0 Å². The Morgan fingerprint density at radius 2 is 1.86 bits per heavy atom. The highest BCUT2D eigenvalue weighted by atomic mass is 16.5. The van der Waals surface area contributed by atoms with Crippen LogP contribution in [0.15, 0.2) is 42.5 Å². The summed E-state index contributed by atoms with van der Waals surface area (Å²) in [4.78, 5) is 17.2. The molecule has 0 N–H and O–H groups in total. The Morgan fingerprint density at radius 1 is 1.04 bits per heavy atom. The van der Waals surface area contributed by atoms with E-state index in [-0.39, 0.29) is 5.91 Å². The summed E-state index contributed by atoms with van der Waals surface area (Å²) < 4.78 is 5.55. The minimum atomic E-state index is 0.207. The molecule has 144 valence electrons. The molecule has 2 heterocycles. The maximum atomic E-state index is 12.8. The van der Waals surface area contributed by atoms with Gasteiger partial charge in [0.15, 0.2) is 0 Å². The molecule has 0 aromatic heterocycles. The van der Waals surface area contributed by atoms with E-state index in [1.807, 2.05) is 41.3 Å². The number of benzene rings is 2. The van der Waals surface area contributed by atoms with Crippen LogP contribution in [0, 0.1) is 11.3 Å². The van der Waals surface area contributed by atoms with Crippen LogP contribution in [0.5, 0.6) is 5.75 Å². The Morgan fingerprint density at radius 3 is 2.68 bits per heavy atom. The lowest BCUT2D eigenvalue weighted by Crippen LogP contribution is -2.36. The molecule has 0 bridgehead atoms. The van der Waals surface area contributed by atoms with Gasteiger partial charge < -0.3 is 9.64 Å². The molecule has 2 aliphatic heterocycles. The van der Waals surface area contributed by atoms with E-state index in [1.165, 1.54) is 11.1 Å². The van der Waals surface area contributed by atoms with Crippen LogP contribution < -0.4 is 4.74 Å². The van der Waals surface area contributed by atoms with Gasteiger partial charge in [-0.2, -0.15) is 5.26 Å². The van der Waals surface area contributed by atoms with Crippen molar-refractivity contribution in [3.8, 4) is 11.8 Å². The van der Waals surface area contributed by atoms with Gasteiger partial charge in [-0.25, -0.2) is 0 Å². The lowest BCUT2D eigenvalue weighted by atomic mass is 10.1. The quantitative estimate of drug-likeness (QED) is 0.825. The summed E-state index contributed by atoms with van der Waals surface area (Å²) in [7, 11) is 0. The van der Waals surface area contributed by atoms with Crippen LogP contribution in [0.4, 0.5) is 0 Å². The number of carbonyl (C=O) groups excluding carboxylic acids is 1. The summed E-state index contributed by atoms with van der Waals surface area (Å²) in [6, 6.07) is 16.0. The number of amides is 1. The number of nitriles is 1. The fourth-order valence-electron chi connectivity index (χ4n) is 3.96. The van der Waals surface area contributed by atoms with Crippen molar-refractivity contribution in [3.05, 3.63) is 64.7 Å². The minimum absolute atomic E-state index is 0.207. The van der Waals surface area contributed by atoms with E-state index in [2.05, 4.69) is 17.0 Å². The molecular weight excluding hydrogens is 350 g/mol. The van der Waals surface area contributed by atoms with Crippen molar-refractivity contribution in [2.75, 3.05) is 32.8 Å². The van der Waals surface area contributed by atoms with E-state index in [9.17, 15) is 4.79 Å². The third-order valence-corrected chi connectivity index (χ3v) is 5.54. The summed E-state index contributed by atoms with van der Waals surface area (Å²) >= 11 is 0. The van der Waals surface area contributed by atoms with Crippen molar-refractivity contribution in [1.29, 1.82) is 5.26 Å². The molecular formula is C23H25N3O2. The SMILES string of the molecule is N#Cc1ccc(CN2CCCN(C(=O)Cc3ccc4c(c3)CCO4)CC2)cc1. The second-order valence-corrected chi connectivity index (χ2v) is 7.54. The van der Waals surface area contributed by atoms with Gasteiger partial charge in [-0.15, -0.1) is 0 Å². The van der Waals surface area contributed by atoms with Crippen LogP contribution in [-0.2, 0) is 24.2 Å². The van der Waals surface area contributed by atoms with Crippen LogP contribution in [0.25, 0.3) is 0 Å². The number of hydrogen-bond donors (Lipinski definition) is 0. The van der Waals surface area contributed by atoms with Crippen LogP contribution in [-0.4, -0.2) is 48.5 Å². The summed E-state index contributed by atoms with van der Waals surface area (Å²) in [5.74, 6) is 1.17. The molecule has 2 aromatic rings. The second kappa shape index (κ2) is 8.45. The molecule has 1 saturated heterocycles. The fraction of sp³-hybridized carbons (Fsp3) is 0.391. The Bertz CT molecular complexity index is 886. The van der Waals surface area contributed by atoms with Gasteiger partial charge in [-0.05, 0) is 41.3 Å². The van der Waals surface area contributed by atoms with Crippen molar-refractivity contribution in [3.63, 3.8) is 0 Å². The number of carbonyl (C=O) groups is 1. The molecule has 0 unspecified atom stereocenters. The number of ether oxygens (including phenoxy) is 1. The topological polar surface area (TPSA) is 56.6 Å². The third-order valence-electron chi connectivity index (χ3n) is 5.54. The number of fused-ring (bicyclic) bond motifs is 1. The molecule has 0 atom stereocenters. The average Bonchev–Trinajstić information content (AvgIpc) is 3.06. The lowest BCUT2D eigenvalue weighted by Gasteiger charge is -2.22. The van der Waals surface area contributed by atoms with Gasteiger partial charge in [0, 0.05) is 39.1 Å². The van der Waals surface area contributed by atoms with Crippen LogP contribution >= 0.6 is 0 Å². The highest BCUT2D eigenvalue weighted by molar-refractivity contribution is 5.79. The first-order valence-corrected chi connectivity index (χ1v) is 9.95. The Kier molecular flexibility index (Phi) is 5.59. The molecule has 2 aromatic carbocycles. The predicted molar refractivity (Wildman–Crippen MR) is 107 cm³/mol. The molecule has 0 aliphatic carbocycles. The van der Waals surface area contributed by atoms with Crippen LogP contribution in [0.1, 0.15) is 28.7 Å². The second-order valence-electron chi connectivity index (χ2n) is 7.54. The normalized spacial score (nSPS) is 16.8. The van der Waals surface area contributed by atoms with Gasteiger partial charge in [-0.3, -0.25) is 9.69 Å². The van der Waals surface area contributed by atoms with E-state index in [0.717, 1.165) is 63.5 Å². The van der Waals surface area contributed by atoms with Crippen molar-refractivity contribution < 1.29 is 9.53 Å². The van der Waals surface area contributed by atoms with E-state index in [4.69, 9.17) is 10.00 Å². The summed E-state index contributed by atoms with van der Waals surface area (Å²) in [6.45, 7) is 5.05. The predicted octanol–water partition coefficient (Wildman–Crippen LogP) is 2.77. The molecule has 0 saturated carbocycles. The largest absolute Gasteiger partial charge is 0.493 e. The minimum Gasteiger partial charge on any atom is -0.493 e. The maximum absolute atomic E-state index is 12.8. The zero-order valence-electron chi connectivity index (χ0n) is 16.1. The van der Waals surface area contributed by atoms with E-state index < -0.39 is 0 Å². The van der Waals surface area contributed by atoms with Gasteiger partial charge in [0.2, 0.25) is 5.91 Å². The monoisotopic (exact) mass is 375 g/mol. The third kappa shape index (κ3) is 4.35. The van der Waals surface area contributed by atoms with E-state index in [1.54, 1.807) is 0 Å². The van der Waals surface area contributed by atoms with Crippen molar-refractivity contribution in [2.45, 2.75) is 25.8 Å². The molecule has 4 rings (SSSR count). The van der Waals surface area contributed by atoms with E-state index >= 15 is 0 Å². The van der Waals surface area contributed by atoms with Crippen molar-refractivity contribution in [2.24, 2.45) is 0 Å². The Hall–Kier alpha value is -2.84. The maximum Gasteiger partial charge on any atom is 0.227 e. The molecule has 1 amide bonds. The van der Waals surface area contributed by atoms with Gasteiger partial charge in [0.1, 0.15) is 5.75 Å². The van der Waals surface area contributed by atoms with Gasteiger partial charge in [0.05, 0.1) is 24.7 Å². The standard InChI is InChI=1S/C23H25N3O2/c24-16-18-2-4-19(5-3-18)17-25-9-1-10-26(12-11-25)23(27)15-20-6-7-22-21(14-20)8-13-28-22/h2-7,14H,1,8-13,15,17H2. The van der Waals surface area contributed by atoms with Crippen LogP contribution in [0.2, 0.25) is 0 Å². The first kappa shape index (κ1) is 18.5. The smallest absolute Gasteiger partial charge is 0.227 e. The van der Waals surface area contributed by atoms with Crippen molar-refractivity contribution in [1.82, 2.24) is 9.80 Å². The molecule has 0 radical (unpaired) electrons. The van der Waals surface area contributed by atoms with Crippen LogP contribution in [0.3, 0.4) is 0 Å². The number of nitrogens with zero attached hydrogens (tertiary/aromatic N) is 3. The Labute approximate surface area is 166 Å². The fourth-order valence-corrected chi connectivity index (χ4v) is 3.96. The average molecular weight is 375 g/mol. The van der Waals surface area contributed by atoms with E-state index in [0.29, 0.717) is 12.0 Å².